The summed E-state index contributed by atoms with van der Waals surface area (Å²) in [5.41, 5.74) is 3.34. The number of rotatable bonds is 7. The molecular weight excluding hydrogens is 376 g/mol. The van der Waals surface area contributed by atoms with Gasteiger partial charge in [0.1, 0.15) is 5.92 Å². The Morgan fingerprint density at radius 3 is 1.50 bits per heavy atom. The predicted molar refractivity (Wildman–Crippen MR) is 116 cm³/mol. The van der Waals surface area contributed by atoms with Crippen LogP contribution in [0, 0.1) is 19.8 Å². The number of hydrogen-bond donors (Lipinski definition) is 0. The third kappa shape index (κ3) is 4.54. The van der Waals surface area contributed by atoms with Gasteiger partial charge in [0.25, 0.3) is 0 Å². The number of benzene rings is 3. The number of carbonyl (C=O) groups excluding carboxylic acids is 3. The number of ketones is 2. The van der Waals surface area contributed by atoms with E-state index in [1.807, 2.05) is 44.2 Å². The van der Waals surface area contributed by atoms with Gasteiger partial charge in [-0.25, -0.2) is 0 Å². The lowest BCUT2D eigenvalue weighted by Crippen LogP contribution is -2.35. The smallest absolute Gasteiger partial charge is 0.314 e. The van der Waals surface area contributed by atoms with Crippen LogP contribution in [0.15, 0.2) is 78.9 Å². The van der Waals surface area contributed by atoms with Crippen molar-refractivity contribution in [3.8, 4) is 0 Å². The van der Waals surface area contributed by atoms with Crippen LogP contribution in [-0.4, -0.2) is 24.6 Å². The first-order valence-electron chi connectivity index (χ1n) is 9.77. The van der Waals surface area contributed by atoms with E-state index in [0.29, 0.717) is 16.7 Å². The summed E-state index contributed by atoms with van der Waals surface area (Å²) in [6.45, 7) is 3.84. The molecule has 0 aliphatic carbocycles. The van der Waals surface area contributed by atoms with Crippen LogP contribution in [0.3, 0.4) is 0 Å². The molecule has 1 atom stereocenters. The van der Waals surface area contributed by atoms with Gasteiger partial charge in [-0.05, 0) is 19.4 Å². The van der Waals surface area contributed by atoms with Crippen LogP contribution in [0.25, 0.3) is 0 Å². The van der Waals surface area contributed by atoms with Gasteiger partial charge in [0.05, 0.1) is 13.0 Å². The Kier molecular flexibility index (Phi) is 6.58. The predicted octanol–water partition coefficient (Wildman–Crippen LogP) is 4.94. The average molecular weight is 400 g/mol. The van der Waals surface area contributed by atoms with Crippen molar-refractivity contribution in [2.24, 2.45) is 5.92 Å². The van der Waals surface area contributed by atoms with E-state index in [-0.39, 0.29) is 0 Å². The van der Waals surface area contributed by atoms with Crippen molar-refractivity contribution in [1.29, 1.82) is 0 Å². The Labute approximate surface area is 176 Å². The van der Waals surface area contributed by atoms with Crippen molar-refractivity contribution in [1.82, 2.24) is 0 Å². The van der Waals surface area contributed by atoms with E-state index >= 15 is 0 Å². The molecule has 3 rings (SSSR count). The van der Waals surface area contributed by atoms with Gasteiger partial charge in [-0.2, -0.15) is 0 Å². The van der Waals surface area contributed by atoms with E-state index in [0.717, 1.165) is 11.1 Å². The number of carbonyl (C=O) groups is 3. The number of aryl methyl sites for hydroxylation is 2. The largest absolute Gasteiger partial charge is 0.469 e. The normalized spacial score (nSPS) is 11.7. The molecule has 30 heavy (non-hydrogen) atoms. The minimum Gasteiger partial charge on any atom is -0.469 e. The van der Waals surface area contributed by atoms with Crippen molar-refractivity contribution >= 4 is 17.5 Å². The molecule has 4 heteroatoms. The van der Waals surface area contributed by atoms with E-state index in [1.54, 1.807) is 48.5 Å². The van der Waals surface area contributed by atoms with E-state index in [9.17, 15) is 14.4 Å². The van der Waals surface area contributed by atoms with Crippen LogP contribution in [0.2, 0.25) is 0 Å². The molecule has 0 spiro atoms. The lowest BCUT2D eigenvalue weighted by atomic mass is 9.77. The molecule has 0 aliphatic heterocycles. The molecule has 0 fully saturated rings. The summed E-state index contributed by atoms with van der Waals surface area (Å²) in [5.74, 6) is -3.70. The molecular formula is C26H24O4. The summed E-state index contributed by atoms with van der Waals surface area (Å²) in [7, 11) is 1.27. The van der Waals surface area contributed by atoms with Crippen LogP contribution in [0.4, 0.5) is 0 Å². The first kappa shape index (κ1) is 21.2. The van der Waals surface area contributed by atoms with Crippen LogP contribution in [0.1, 0.15) is 43.3 Å². The third-order valence-electron chi connectivity index (χ3n) is 5.18. The molecule has 0 bridgehead atoms. The van der Waals surface area contributed by atoms with Gasteiger partial charge in [0, 0.05) is 11.1 Å². The summed E-state index contributed by atoms with van der Waals surface area (Å²) in [5, 5.41) is 0. The lowest BCUT2D eigenvalue weighted by Gasteiger charge is -2.24. The average Bonchev–Trinajstić information content (AvgIpc) is 2.77. The second-order valence-electron chi connectivity index (χ2n) is 7.35. The van der Waals surface area contributed by atoms with Gasteiger partial charge in [-0.15, -0.1) is 0 Å². The maximum atomic E-state index is 13.5. The molecule has 0 saturated carbocycles. The molecule has 0 aliphatic rings. The molecule has 0 amide bonds. The van der Waals surface area contributed by atoms with Crippen LogP contribution in [-0.2, 0) is 9.53 Å². The van der Waals surface area contributed by atoms with E-state index in [1.165, 1.54) is 7.11 Å². The van der Waals surface area contributed by atoms with Crippen LogP contribution < -0.4 is 0 Å². The highest BCUT2D eigenvalue weighted by Gasteiger charge is 2.41. The maximum Gasteiger partial charge on any atom is 0.314 e. The van der Waals surface area contributed by atoms with E-state index in [4.69, 9.17) is 4.74 Å². The highest BCUT2D eigenvalue weighted by atomic mass is 16.5. The minimum absolute atomic E-state index is 0.385. The van der Waals surface area contributed by atoms with Crippen molar-refractivity contribution in [2.45, 2.75) is 19.8 Å². The van der Waals surface area contributed by atoms with Crippen molar-refractivity contribution in [2.75, 3.05) is 7.11 Å². The molecule has 0 radical (unpaired) electrons. The van der Waals surface area contributed by atoms with Gasteiger partial charge in [-0.3, -0.25) is 14.4 Å². The Bertz CT molecular complexity index is 977. The number of methoxy groups -OCH3 is 1. The molecule has 152 valence electrons. The maximum absolute atomic E-state index is 13.5. The van der Waals surface area contributed by atoms with Crippen molar-refractivity contribution in [3.63, 3.8) is 0 Å². The molecule has 3 aromatic rings. The fourth-order valence-electron chi connectivity index (χ4n) is 3.47. The highest BCUT2D eigenvalue weighted by molar-refractivity contribution is 6.18. The summed E-state index contributed by atoms with van der Waals surface area (Å²) < 4.78 is 5.01. The topological polar surface area (TPSA) is 60.4 Å². The molecule has 4 nitrogen and oxygen atoms in total. The van der Waals surface area contributed by atoms with Crippen LogP contribution >= 0.6 is 0 Å². The van der Waals surface area contributed by atoms with Gasteiger partial charge in [0.15, 0.2) is 11.6 Å². The third-order valence-corrected chi connectivity index (χ3v) is 5.18. The zero-order valence-corrected chi connectivity index (χ0v) is 17.3. The van der Waals surface area contributed by atoms with Gasteiger partial charge in [-0.1, -0.05) is 90.0 Å². The molecule has 0 heterocycles. The van der Waals surface area contributed by atoms with Gasteiger partial charge < -0.3 is 4.74 Å². The Morgan fingerprint density at radius 1 is 0.667 bits per heavy atom. The van der Waals surface area contributed by atoms with E-state index < -0.39 is 29.4 Å². The molecule has 3 aromatic carbocycles. The number of esters is 1. The molecule has 1 unspecified atom stereocenters. The Morgan fingerprint density at radius 2 is 1.10 bits per heavy atom. The number of Topliss-reactive ketones (excluding diaryl/α,β-unsaturated/α-hetero) is 2. The summed E-state index contributed by atoms with van der Waals surface area (Å²) in [6, 6.07) is 22.8. The second kappa shape index (κ2) is 9.31. The number of ether oxygens (including phenoxy) is 1. The van der Waals surface area contributed by atoms with Gasteiger partial charge >= 0.3 is 5.97 Å². The first-order valence-corrected chi connectivity index (χ1v) is 9.77. The van der Waals surface area contributed by atoms with Crippen LogP contribution in [0.5, 0.6) is 0 Å². The SMILES string of the molecule is COC(=O)C(c1ccccc1)C(C(=O)c1ccc(C)cc1)C(=O)c1ccc(C)cc1. The zero-order chi connectivity index (χ0) is 21.7. The zero-order valence-electron chi connectivity index (χ0n) is 17.3. The molecule has 0 saturated heterocycles. The summed E-state index contributed by atoms with van der Waals surface area (Å²) in [4.78, 5) is 39.9. The first-order chi connectivity index (χ1) is 14.4. The minimum atomic E-state index is -1.23. The number of hydrogen-bond acceptors (Lipinski definition) is 4. The monoisotopic (exact) mass is 400 g/mol. The standard InChI is InChI=1S/C26H24O4/c1-17-9-13-20(14-10-17)24(27)23(25(28)21-15-11-18(2)12-16-21)22(26(29)30-3)19-7-5-4-6-8-19/h4-16,22-23H,1-3H3. The lowest BCUT2D eigenvalue weighted by molar-refractivity contribution is -0.143. The van der Waals surface area contributed by atoms with Crippen molar-refractivity contribution in [3.05, 3.63) is 107 Å². The highest BCUT2D eigenvalue weighted by Crippen LogP contribution is 2.32. The Balaban J connectivity index is 2.14. The quantitative estimate of drug-likeness (QED) is 0.320. The van der Waals surface area contributed by atoms with Gasteiger partial charge in [0.2, 0.25) is 0 Å². The summed E-state index contributed by atoms with van der Waals surface area (Å²) >= 11 is 0. The fourth-order valence-corrected chi connectivity index (χ4v) is 3.47. The molecule has 0 N–H and O–H groups in total. The molecule has 0 aromatic heterocycles. The second-order valence-corrected chi connectivity index (χ2v) is 7.35. The van der Waals surface area contributed by atoms with E-state index in [2.05, 4.69) is 0 Å². The fraction of sp³-hybridized carbons (Fsp3) is 0.192. The van der Waals surface area contributed by atoms with Crippen molar-refractivity contribution < 1.29 is 19.1 Å². The summed E-state index contributed by atoms with van der Waals surface area (Å²) in [6.07, 6.45) is 0. The Hall–Kier alpha value is -3.53.